The number of aliphatic hydroxyl groups is 9. The van der Waals surface area contributed by atoms with Crippen molar-refractivity contribution in [1.82, 2.24) is 42.5 Å². The monoisotopic (exact) mass is 1690 g/mol. The lowest BCUT2D eigenvalue weighted by Crippen LogP contribution is -2.64. The molecule has 3 heterocycles. The standard InChI is InChI=1S/C70H129N8O36P/c1-46(82)74-57-63(91)60(88)51(43-79)112-68(57)108-40-37-105-34-31-102-28-25-99-22-15-54(85)71-18-10-7-13-49(66(94)73-20-9-5-6-12-21-111-115(96,97)98-4)78-67(95)50(77-56(87)17-24-101-27-30-104-33-36-107-39-42-110-70-59(76-48(3)84)65(93)62(90)53(45-81)114-70)14-8-11-19-72-55(86)16-23-100-26-29-103-32-35-106-38-41-109-69-58(75-47(2)83)64(92)61(89)52(44-80)113-69/h49-53,57-65,68-70,79-81,88-93H,5-45H2,1-4H3,(H,71,85)(H,72,86)(H,73,94)(H,74,82)(H,75,83)(H,76,84)(H,77,87)(H,78,95)(H,96,97)/t49-,50-,51?,52?,53?,57?,58?,59?,60?,61?,62?,63?,64?,65?,68?,69?,70?/m0/s1. The number of aliphatic hydroxyl groups excluding tert-OH is 9. The summed E-state index contributed by atoms with van der Waals surface area (Å²) >= 11 is 0. The molecular formula is C70H129N8O36P. The van der Waals surface area contributed by atoms with Crippen molar-refractivity contribution in [1.29, 1.82) is 0 Å². The molecule has 0 aromatic carbocycles. The number of ether oxygens (including phenoxy) is 15. The fraction of sp³-hybridized carbons (Fsp3) is 0.886. The summed E-state index contributed by atoms with van der Waals surface area (Å²) in [5.74, 6) is -3.76. The van der Waals surface area contributed by atoms with E-state index in [4.69, 9.17) is 75.6 Å². The number of nitrogens with one attached hydrogen (secondary N) is 8. The minimum Gasteiger partial charge on any atom is -0.394 e. The van der Waals surface area contributed by atoms with E-state index in [1.54, 1.807) is 0 Å². The number of carbonyl (C=O) groups excluding carboxylic acids is 8. The number of phosphoric ester groups is 1. The lowest BCUT2D eigenvalue weighted by molar-refractivity contribution is -0.272. The average molecular weight is 1690 g/mol. The maximum atomic E-state index is 14.3. The molecule has 18 atom stereocenters. The molecule has 0 bridgehead atoms. The first-order chi connectivity index (χ1) is 55.3. The highest BCUT2D eigenvalue weighted by Gasteiger charge is 2.48. The third kappa shape index (κ3) is 45.8. The molecule has 3 aliphatic heterocycles. The van der Waals surface area contributed by atoms with E-state index in [9.17, 15) is 93.8 Å². The van der Waals surface area contributed by atoms with Gasteiger partial charge >= 0.3 is 7.82 Å². The van der Waals surface area contributed by atoms with Crippen LogP contribution in [0, 0.1) is 0 Å². The molecule has 3 rings (SSSR count). The summed E-state index contributed by atoms with van der Waals surface area (Å²) in [6.45, 7) is 4.94. The van der Waals surface area contributed by atoms with Crippen LogP contribution in [0.1, 0.15) is 104 Å². The molecule has 0 spiro atoms. The number of carbonyl (C=O) groups is 8. The largest absolute Gasteiger partial charge is 0.471 e. The summed E-state index contributed by atoms with van der Waals surface area (Å²) in [6.07, 6.45) is -11.8. The highest BCUT2D eigenvalue weighted by atomic mass is 31.2. The summed E-state index contributed by atoms with van der Waals surface area (Å²) in [7, 11) is -3.07. The predicted octanol–water partition coefficient (Wildman–Crippen LogP) is -6.83. The smallest absolute Gasteiger partial charge is 0.394 e. The Morgan fingerprint density at radius 1 is 0.357 bits per heavy atom. The van der Waals surface area contributed by atoms with E-state index >= 15 is 0 Å². The Morgan fingerprint density at radius 3 is 0.983 bits per heavy atom. The maximum absolute atomic E-state index is 14.3. The van der Waals surface area contributed by atoms with Crippen LogP contribution in [0.3, 0.4) is 0 Å². The maximum Gasteiger partial charge on any atom is 0.471 e. The SMILES string of the molecule is COP(=O)(O)OCCCCCCNC(=O)[C@H](CCCCNC(=O)CCOCCOCCOCCOC1OC(CO)C(O)C(O)C1NC(C)=O)NC(=O)[C@H](CCCCNC(=O)CCOCCOCCOCCOC1OC(CO)C(O)C(O)C1NC(C)=O)NC(=O)CCOCCOCCOCCOC1OC(CO)C(O)C(O)C1NC(C)=O. The van der Waals surface area contributed by atoms with Crippen molar-refractivity contribution in [2.75, 3.05) is 192 Å². The summed E-state index contributed by atoms with van der Waals surface area (Å²) in [6, 6.07) is -5.50. The van der Waals surface area contributed by atoms with Gasteiger partial charge in [0.05, 0.1) is 165 Å². The van der Waals surface area contributed by atoms with Crippen LogP contribution >= 0.6 is 7.82 Å². The van der Waals surface area contributed by atoms with E-state index in [2.05, 4.69) is 47.1 Å². The number of amides is 8. The molecule has 670 valence electrons. The van der Waals surface area contributed by atoms with Crippen molar-refractivity contribution in [3.8, 4) is 0 Å². The molecule has 3 fully saturated rings. The molecule has 115 heavy (non-hydrogen) atoms. The van der Waals surface area contributed by atoms with Gasteiger partial charge in [0.25, 0.3) is 0 Å². The minimum absolute atomic E-state index is 0.00615. The number of rotatable bonds is 68. The molecule has 3 saturated heterocycles. The van der Waals surface area contributed by atoms with Crippen LogP contribution in [0.4, 0.5) is 0 Å². The van der Waals surface area contributed by atoms with Crippen LogP contribution < -0.4 is 42.5 Å². The summed E-state index contributed by atoms with van der Waals surface area (Å²) in [5.41, 5.74) is 0. The zero-order chi connectivity index (χ0) is 84.6. The van der Waals surface area contributed by atoms with Gasteiger partial charge in [-0.15, -0.1) is 0 Å². The van der Waals surface area contributed by atoms with Crippen molar-refractivity contribution in [2.45, 2.75) is 208 Å². The van der Waals surface area contributed by atoms with E-state index in [0.717, 1.165) is 7.11 Å². The third-order valence-corrected chi connectivity index (χ3v) is 18.5. The highest BCUT2D eigenvalue weighted by molar-refractivity contribution is 7.47. The second-order valence-electron chi connectivity index (χ2n) is 26.7. The van der Waals surface area contributed by atoms with Gasteiger partial charge in [-0.2, -0.15) is 0 Å². The molecule has 0 radical (unpaired) electrons. The van der Waals surface area contributed by atoms with E-state index < -0.39 is 167 Å². The number of unbranched alkanes of at least 4 members (excludes halogenated alkanes) is 5. The quantitative estimate of drug-likeness (QED) is 0.0199. The molecule has 18 N–H and O–H groups in total. The summed E-state index contributed by atoms with van der Waals surface area (Å²) in [5, 5.41) is 112. The summed E-state index contributed by atoms with van der Waals surface area (Å²) in [4.78, 5) is 112. The van der Waals surface area contributed by atoms with Gasteiger partial charge in [0, 0.05) is 66.8 Å². The van der Waals surface area contributed by atoms with Crippen LogP contribution in [0.2, 0.25) is 0 Å². The van der Waals surface area contributed by atoms with Crippen LogP contribution in [0.5, 0.6) is 0 Å². The molecule has 0 aromatic rings. The minimum atomic E-state index is -4.13. The summed E-state index contributed by atoms with van der Waals surface area (Å²) < 4.78 is 104. The van der Waals surface area contributed by atoms with Crippen LogP contribution in [-0.2, 0) is 123 Å². The molecule has 0 aliphatic carbocycles. The van der Waals surface area contributed by atoms with Gasteiger partial charge < -0.3 is 164 Å². The average Bonchev–Trinajstić information content (AvgIpc) is 0.822. The van der Waals surface area contributed by atoms with Crippen molar-refractivity contribution in [3.05, 3.63) is 0 Å². The second kappa shape index (κ2) is 63.0. The Hall–Kier alpha value is -5.09. The van der Waals surface area contributed by atoms with Gasteiger partial charge in [-0.1, -0.05) is 12.8 Å². The van der Waals surface area contributed by atoms with Crippen LogP contribution in [-0.4, -0.2) is 394 Å². The van der Waals surface area contributed by atoms with Crippen molar-refractivity contribution >= 4 is 55.1 Å². The topological polar surface area (TPSA) is 609 Å². The first-order valence-electron chi connectivity index (χ1n) is 38.9. The fourth-order valence-corrected chi connectivity index (χ4v) is 11.9. The molecule has 0 aromatic heterocycles. The van der Waals surface area contributed by atoms with Crippen LogP contribution in [0.15, 0.2) is 0 Å². The lowest BCUT2D eigenvalue weighted by Gasteiger charge is -2.42. The van der Waals surface area contributed by atoms with Gasteiger partial charge in [0.15, 0.2) is 18.9 Å². The van der Waals surface area contributed by atoms with E-state index in [0.29, 0.717) is 51.4 Å². The normalized spacial score (nSPS) is 24.6. The van der Waals surface area contributed by atoms with Gasteiger partial charge in [-0.3, -0.25) is 47.4 Å². The Bertz CT molecular complexity index is 2720. The molecule has 44 nitrogen and oxygen atoms in total. The van der Waals surface area contributed by atoms with E-state index in [-0.39, 0.29) is 209 Å². The highest BCUT2D eigenvalue weighted by Crippen LogP contribution is 2.42. The Morgan fingerprint density at radius 2 is 0.652 bits per heavy atom. The molecule has 16 unspecified atom stereocenters. The van der Waals surface area contributed by atoms with E-state index in [1.807, 2.05) is 0 Å². The second-order valence-corrected chi connectivity index (χ2v) is 28.3. The number of hydrogen-bond acceptors (Lipinski definition) is 35. The van der Waals surface area contributed by atoms with Gasteiger partial charge in [0.1, 0.15) is 85.1 Å². The molecule has 3 aliphatic rings. The first kappa shape index (κ1) is 104. The molecule has 0 saturated carbocycles. The molecule has 8 amide bonds. The fourth-order valence-electron chi connectivity index (χ4n) is 11.4. The van der Waals surface area contributed by atoms with Gasteiger partial charge in [-0.05, 0) is 51.4 Å². The zero-order valence-electron chi connectivity index (χ0n) is 66.3. The number of hydrogen-bond donors (Lipinski definition) is 18. The predicted molar refractivity (Wildman–Crippen MR) is 397 cm³/mol. The number of phosphoric acid groups is 1. The Labute approximate surface area is 669 Å². The first-order valence-corrected chi connectivity index (χ1v) is 40.4. The van der Waals surface area contributed by atoms with Gasteiger partial charge in [0.2, 0.25) is 47.3 Å². The third-order valence-electron chi connectivity index (χ3n) is 17.6. The zero-order valence-corrected chi connectivity index (χ0v) is 67.2. The molecular weight excluding hydrogens is 1560 g/mol. The van der Waals surface area contributed by atoms with Gasteiger partial charge in [-0.25, -0.2) is 4.57 Å². The van der Waals surface area contributed by atoms with Crippen molar-refractivity contribution < 1.29 is 174 Å². The van der Waals surface area contributed by atoms with Crippen molar-refractivity contribution in [3.63, 3.8) is 0 Å². The Balaban J connectivity index is 1.48. The van der Waals surface area contributed by atoms with Crippen LogP contribution in [0.25, 0.3) is 0 Å². The molecule has 45 heteroatoms. The Kier molecular flexibility index (Phi) is 57.0. The lowest BCUT2D eigenvalue weighted by atomic mass is 9.97. The van der Waals surface area contributed by atoms with E-state index in [1.165, 1.54) is 20.8 Å². The van der Waals surface area contributed by atoms with Crippen molar-refractivity contribution in [2.24, 2.45) is 0 Å².